The van der Waals surface area contributed by atoms with Crippen LogP contribution in [0.5, 0.6) is 0 Å². The van der Waals surface area contributed by atoms with Crippen LogP contribution < -0.4 is 0 Å². The molecule has 0 aromatic heterocycles. The van der Waals surface area contributed by atoms with Crippen LogP contribution in [0.25, 0.3) is 0 Å². The van der Waals surface area contributed by atoms with Gasteiger partial charge in [0.05, 0.1) is 18.2 Å². The smallest absolute Gasteiger partial charge is 0.407 e. The summed E-state index contributed by atoms with van der Waals surface area (Å²) in [5.74, 6) is -0.196. The molecule has 4 aliphatic rings. The van der Waals surface area contributed by atoms with Crippen molar-refractivity contribution in [1.29, 1.82) is 0 Å². The van der Waals surface area contributed by atoms with E-state index in [0.29, 0.717) is 24.1 Å². The van der Waals surface area contributed by atoms with Crippen molar-refractivity contribution in [2.45, 2.75) is 88.2 Å². The number of piperidine rings is 1. The first-order valence-corrected chi connectivity index (χ1v) is 14.6. The molecule has 9 heteroatoms. The number of hydrogen-bond donors (Lipinski definition) is 2. The number of aliphatic hydroxyl groups is 1. The highest BCUT2D eigenvalue weighted by atomic mass is 16.5. The second-order valence-electron chi connectivity index (χ2n) is 12.8. The van der Waals surface area contributed by atoms with Crippen molar-refractivity contribution < 1.29 is 29.3 Å². The lowest BCUT2D eigenvalue weighted by atomic mass is 9.77. The lowest BCUT2D eigenvalue weighted by Crippen LogP contribution is -2.56. The van der Waals surface area contributed by atoms with E-state index in [4.69, 9.17) is 4.74 Å². The van der Waals surface area contributed by atoms with Gasteiger partial charge in [0.25, 0.3) is 11.8 Å². The average molecular weight is 562 g/mol. The van der Waals surface area contributed by atoms with Gasteiger partial charge in [0.1, 0.15) is 0 Å². The minimum absolute atomic E-state index is 0.0160. The molecule has 5 atom stereocenters. The van der Waals surface area contributed by atoms with Crippen LogP contribution in [-0.2, 0) is 23.1 Å². The molecule has 9 nitrogen and oxygen atoms in total. The molecule has 0 aliphatic carbocycles. The molecule has 4 aliphatic heterocycles. The Hall–Kier alpha value is -3.43. The van der Waals surface area contributed by atoms with Crippen molar-refractivity contribution in [3.63, 3.8) is 0 Å². The Morgan fingerprint density at radius 1 is 1.07 bits per heavy atom. The van der Waals surface area contributed by atoms with Gasteiger partial charge in [-0.15, -0.1) is 0 Å². The third-order valence-corrected chi connectivity index (χ3v) is 9.74. The number of aliphatic hydroxyl groups excluding tert-OH is 1. The summed E-state index contributed by atoms with van der Waals surface area (Å²) in [6.45, 7) is 4.67. The summed E-state index contributed by atoms with van der Waals surface area (Å²) >= 11 is 0. The molecule has 6 rings (SSSR count). The Balaban J connectivity index is 1.21. The second-order valence-corrected chi connectivity index (χ2v) is 12.8. The zero-order valence-electron chi connectivity index (χ0n) is 24.0. The van der Waals surface area contributed by atoms with E-state index >= 15 is 0 Å². The van der Waals surface area contributed by atoms with Gasteiger partial charge in [0, 0.05) is 55.4 Å². The van der Waals surface area contributed by atoms with Gasteiger partial charge >= 0.3 is 6.09 Å². The highest BCUT2D eigenvalue weighted by molar-refractivity contribution is 6.00. The van der Waals surface area contributed by atoms with Crippen LogP contribution in [-0.4, -0.2) is 93.4 Å². The van der Waals surface area contributed by atoms with E-state index in [1.807, 2.05) is 49.1 Å². The maximum Gasteiger partial charge on any atom is 0.407 e. The van der Waals surface area contributed by atoms with Crippen molar-refractivity contribution in [3.05, 3.63) is 70.3 Å². The second kappa shape index (κ2) is 10.4. The predicted molar refractivity (Wildman–Crippen MR) is 152 cm³/mol. The number of hydrogen-bond acceptors (Lipinski definition) is 5. The predicted octanol–water partition coefficient (Wildman–Crippen LogP) is 3.67. The Morgan fingerprint density at radius 2 is 1.76 bits per heavy atom. The number of carbonyl (C=O) groups is 3. The SMILES string of the molecule is COC1CC2CC[C@@H](C1)N2C(=O)c1ccc2c(c1)C(C)(C)CN(C[C@H](O)[C@@H]1Cc3ccccc3CN1C(=O)O)C2=O. The fraction of sp³-hybridized carbons (Fsp3) is 0.531. The highest BCUT2D eigenvalue weighted by Crippen LogP contribution is 2.39. The molecule has 2 saturated heterocycles. The molecule has 2 N–H and O–H groups in total. The molecule has 2 aromatic rings. The lowest BCUT2D eigenvalue weighted by Gasteiger charge is -2.43. The largest absolute Gasteiger partial charge is 0.465 e. The summed E-state index contributed by atoms with van der Waals surface area (Å²) in [5.41, 5.74) is 3.44. The van der Waals surface area contributed by atoms with E-state index in [-0.39, 0.29) is 43.1 Å². The van der Waals surface area contributed by atoms with Crippen LogP contribution in [0.4, 0.5) is 4.79 Å². The van der Waals surface area contributed by atoms with Crippen LogP contribution >= 0.6 is 0 Å². The van der Waals surface area contributed by atoms with E-state index in [9.17, 15) is 24.6 Å². The van der Waals surface area contributed by atoms with E-state index in [1.165, 1.54) is 4.90 Å². The molecular formula is C32H39N3O6. The van der Waals surface area contributed by atoms with Crippen LogP contribution in [0.15, 0.2) is 42.5 Å². The average Bonchev–Trinajstić information content (AvgIpc) is 3.22. The topological polar surface area (TPSA) is 111 Å². The number of β-amino-alcohol motifs (C(OH)–C–C–N with tert-alkyl or cyclic N) is 1. The van der Waals surface area contributed by atoms with Crippen molar-refractivity contribution >= 4 is 17.9 Å². The Bertz CT molecular complexity index is 1360. The van der Waals surface area contributed by atoms with Gasteiger partial charge in [-0.25, -0.2) is 4.79 Å². The van der Waals surface area contributed by atoms with E-state index in [0.717, 1.165) is 42.4 Å². The summed E-state index contributed by atoms with van der Waals surface area (Å²) in [5, 5.41) is 21.2. The number of carboxylic acid groups (broad SMARTS) is 1. The molecule has 3 amide bonds. The Kier molecular flexibility index (Phi) is 7.06. The molecule has 2 bridgehead atoms. The minimum atomic E-state index is -1.09. The molecule has 2 unspecified atom stereocenters. The first-order chi connectivity index (χ1) is 19.6. The highest BCUT2D eigenvalue weighted by Gasteiger charge is 2.45. The van der Waals surface area contributed by atoms with Gasteiger partial charge in [0.2, 0.25) is 0 Å². The number of carbonyl (C=O) groups excluding carboxylic acids is 2. The monoisotopic (exact) mass is 561 g/mol. The standard InChI is InChI=1S/C32H39N3O6/c1-32(2)18-33(17-28(36)27-13-19-6-4-5-7-21(19)16-34(27)31(39)40)30(38)25-11-8-20(12-26(25)32)29(37)35-22-9-10-23(35)15-24(14-22)41-3/h4-8,11-12,22-24,27-28,36H,9-10,13-18H2,1-3H3,(H,39,40)/t22-,23?,24?,27-,28-/m0/s1. The van der Waals surface area contributed by atoms with Gasteiger partial charge in [-0.3, -0.25) is 14.5 Å². The number of rotatable bonds is 5. The Labute approximate surface area is 240 Å². The summed E-state index contributed by atoms with van der Waals surface area (Å²) < 4.78 is 5.60. The first kappa shape index (κ1) is 27.7. The first-order valence-electron chi connectivity index (χ1n) is 14.6. The molecule has 218 valence electrons. The number of fused-ring (bicyclic) bond motifs is 4. The van der Waals surface area contributed by atoms with Crippen molar-refractivity contribution in [2.75, 3.05) is 20.2 Å². The van der Waals surface area contributed by atoms with Gasteiger partial charge in [-0.2, -0.15) is 0 Å². The van der Waals surface area contributed by atoms with Crippen molar-refractivity contribution in [3.8, 4) is 0 Å². The molecule has 0 radical (unpaired) electrons. The maximum atomic E-state index is 13.7. The third kappa shape index (κ3) is 4.89. The van der Waals surface area contributed by atoms with Crippen LogP contribution in [0.2, 0.25) is 0 Å². The van der Waals surface area contributed by atoms with Gasteiger partial charge in [-0.1, -0.05) is 38.1 Å². The number of amides is 3. The summed E-state index contributed by atoms with van der Waals surface area (Å²) in [7, 11) is 1.74. The molecular weight excluding hydrogens is 522 g/mol. The van der Waals surface area contributed by atoms with Crippen molar-refractivity contribution in [1.82, 2.24) is 14.7 Å². The van der Waals surface area contributed by atoms with Crippen LogP contribution in [0, 0.1) is 0 Å². The van der Waals surface area contributed by atoms with Crippen molar-refractivity contribution in [2.24, 2.45) is 0 Å². The molecule has 0 saturated carbocycles. The Morgan fingerprint density at radius 3 is 2.41 bits per heavy atom. The van der Waals surface area contributed by atoms with E-state index in [2.05, 4.69) is 0 Å². The molecule has 2 fully saturated rings. The summed E-state index contributed by atoms with van der Waals surface area (Å²) in [4.78, 5) is 44.4. The number of nitrogens with zero attached hydrogens (tertiary/aromatic N) is 3. The fourth-order valence-corrected chi connectivity index (χ4v) is 7.62. The van der Waals surface area contributed by atoms with E-state index in [1.54, 1.807) is 24.1 Å². The van der Waals surface area contributed by atoms with E-state index < -0.39 is 23.7 Å². The molecule has 2 aromatic carbocycles. The van der Waals surface area contributed by atoms with Gasteiger partial charge < -0.3 is 24.7 Å². The minimum Gasteiger partial charge on any atom is -0.465 e. The van der Waals surface area contributed by atoms with Gasteiger partial charge in [0.15, 0.2) is 0 Å². The normalized spacial score (nSPS) is 27.3. The number of methoxy groups -OCH3 is 1. The third-order valence-electron chi connectivity index (χ3n) is 9.74. The molecule has 0 spiro atoms. The fourth-order valence-electron chi connectivity index (χ4n) is 7.62. The van der Waals surface area contributed by atoms with Crippen LogP contribution in [0.1, 0.15) is 76.9 Å². The molecule has 41 heavy (non-hydrogen) atoms. The van der Waals surface area contributed by atoms with Gasteiger partial charge in [-0.05, 0) is 67.0 Å². The summed E-state index contributed by atoms with van der Waals surface area (Å²) in [6, 6.07) is 12.8. The summed E-state index contributed by atoms with van der Waals surface area (Å²) in [6.07, 6.45) is 2.16. The molecule has 4 heterocycles. The lowest BCUT2D eigenvalue weighted by molar-refractivity contribution is 0.00808. The quantitative estimate of drug-likeness (QED) is 0.577. The maximum absolute atomic E-state index is 13.7. The number of ether oxygens (including phenoxy) is 1. The zero-order chi connectivity index (χ0) is 29.1. The number of benzene rings is 2. The van der Waals surface area contributed by atoms with Crippen LogP contribution in [0.3, 0.4) is 0 Å². The zero-order valence-corrected chi connectivity index (χ0v) is 24.0.